The van der Waals surface area contributed by atoms with Crippen LogP contribution in [-0.4, -0.2) is 86.9 Å². The standard InChI is InChI=1S/C31H44N6O6/c1-4-24-30(40)29(31(34-2)43-24)37(33)28-21-10-6-5-9-20(21)19-36(23-12-8-7-11-22(23)27(28)32)26(39)14-13-25(38)35-15-16-42-18-17-41-3/h5-12,24,29-31,34,40H,4,13-19,32-33H2,1-3H3,(H,35,38)/b28-27-. The van der Waals surface area contributed by atoms with E-state index in [1.165, 1.54) is 5.01 Å². The zero-order valence-electron chi connectivity index (χ0n) is 25.1. The number of nitrogens with one attached hydrogen (secondary N) is 2. The van der Waals surface area contributed by atoms with Crippen LogP contribution in [0.5, 0.6) is 0 Å². The lowest BCUT2D eigenvalue weighted by Gasteiger charge is -2.37. The van der Waals surface area contributed by atoms with Crippen LogP contribution in [-0.2, 0) is 30.3 Å². The predicted molar refractivity (Wildman–Crippen MR) is 164 cm³/mol. The summed E-state index contributed by atoms with van der Waals surface area (Å²) in [6.07, 6.45) is -1.11. The molecular formula is C31H44N6O6. The van der Waals surface area contributed by atoms with Crippen molar-refractivity contribution in [3.63, 3.8) is 0 Å². The van der Waals surface area contributed by atoms with Gasteiger partial charge in [-0.25, -0.2) is 5.84 Å². The molecule has 2 amide bonds. The van der Waals surface area contributed by atoms with Crippen molar-refractivity contribution in [3.05, 3.63) is 65.2 Å². The number of aliphatic hydroxyl groups is 1. The predicted octanol–water partition coefficient (Wildman–Crippen LogP) is 1.14. The fourth-order valence-electron chi connectivity index (χ4n) is 5.59. The molecule has 4 unspecified atom stereocenters. The number of anilines is 1. The molecule has 0 aliphatic carbocycles. The van der Waals surface area contributed by atoms with Gasteiger partial charge in [0.05, 0.1) is 49.6 Å². The fraction of sp³-hybridized carbons (Fsp3) is 0.484. The summed E-state index contributed by atoms with van der Waals surface area (Å²) in [6, 6.07) is 14.3. The Bertz CT molecular complexity index is 1290. The Hall–Kier alpha value is -3.52. The highest BCUT2D eigenvalue weighted by molar-refractivity contribution is 6.01. The van der Waals surface area contributed by atoms with Crippen molar-refractivity contribution in [1.82, 2.24) is 15.6 Å². The summed E-state index contributed by atoms with van der Waals surface area (Å²) in [4.78, 5) is 27.8. The van der Waals surface area contributed by atoms with Gasteiger partial charge in [0, 0.05) is 37.6 Å². The Morgan fingerprint density at radius 1 is 1.09 bits per heavy atom. The molecule has 0 radical (unpaired) electrons. The van der Waals surface area contributed by atoms with Gasteiger partial charge >= 0.3 is 0 Å². The van der Waals surface area contributed by atoms with Crippen molar-refractivity contribution < 1.29 is 28.9 Å². The zero-order valence-corrected chi connectivity index (χ0v) is 25.1. The monoisotopic (exact) mass is 596 g/mol. The molecule has 12 heteroatoms. The smallest absolute Gasteiger partial charge is 0.227 e. The Kier molecular flexibility index (Phi) is 11.5. The molecule has 1 fully saturated rings. The van der Waals surface area contributed by atoms with E-state index in [1.807, 2.05) is 55.5 Å². The van der Waals surface area contributed by atoms with Gasteiger partial charge in [-0.3, -0.25) is 19.9 Å². The Morgan fingerprint density at radius 2 is 1.81 bits per heavy atom. The van der Waals surface area contributed by atoms with Crippen molar-refractivity contribution >= 4 is 28.9 Å². The molecule has 7 N–H and O–H groups in total. The van der Waals surface area contributed by atoms with Gasteiger partial charge in [-0.05, 0) is 25.1 Å². The summed E-state index contributed by atoms with van der Waals surface area (Å²) in [6.45, 7) is 3.84. The second-order valence-electron chi connectivity index (χ2n) is 10.6. The van der Waals surface area contributed by atoms with E-state index in [0.29, 0.717) is 55.4 Å². The minimum absolute atomic E-state index is 0.0141. The lowest BCUT2D eigenvalue weighted by molar-refractivity contribution is -0.125. The second kappa shape index (κ2) is 15.3. The van der Waals surface area contributed by atoms with Crippen molar-refractivity contribution in [2.24, 2.45) is 11.6 Å². The number of hydrazine groups is 1. The molecule has 2 aliphatic heterocycles. The van der Waals surface area contributed by atoms with Gasteiger partial charge in [0.2, 0.25) is 11.8 Å². The molecule has 4 atom stereocenters. The SMILES string of the molecule is CCC1OC(NC)C(N(N)/C2=C(\N)c3ccccc3N(C(=O)CCC(=O)NCCOCCOC)Cc3ccccc32)C1O. The number of carbonyl (C=O) groups excluding carboxylic acids is 2. The topological polar surface area (TPSA) is 165 Å². The summed E-state index contributed by atoms with van der Waals surface area (Å²) < 4.78 is 16.3. The number of amides is 2. The quantitative estimate of drug-likeness (QED) is 0.129. The third-order valence-corrected chi connectivity index (χ3v) is 7.84. The molecule has 4 rings (SSSR count). The number of nitrogens with two attached hydrogens (primary N) is 2. The number of methoxy groups -OCH3 is 1. The van der Waals surface area contributed by atoms with Crippen molar-refractivity contribution in [2.75, 3.05) is 45.4 Å². The van der Waals surface area contributed by atoms with E-state index < -0.39 is 18.4 Å². The average molecular weight is 597 g/mol. The molecule has 0 bridgehead atoms. The van der Waals surface area contributed by atoms with Gasteiger partial charge in [-0.2, -0.15) is 0 Å². The molecule has 12 nitrogen and oxygen atoms in total. The molecule has 0 spiro atoms. The van der Waals surface area contributed by atoms with E-state index in [1.54, 1.807) is 19.1 Å². The van der Waals surface area contributed by atoms with Gasteiger partial charge in [-0.1, -0.05) is 49.4 Å². The number of carbonyl (C=O) groups is 2. The van der Waals surface area contributed by atoms with Crippen molar-refractivity contribution in [3.8, 4) is 0 Å². The van der Waals surface area contributed by atoms with Gasteiger partial charge in [0.1, 0.15) is 18.4 Å². The van der Waals surface area contributed by atoms with Crippen LogP contribution < -0.4 is 27.1 Å². The lowest BCUT2D eigenvalue weighted by Crippen LogP contribution is -2.54. The van der Waals surface area contributed by atoms with Crippen molar-refractivity contribution in [1.29, 1.82) is 0 Å². The van der Waals surface area contributed by atoms with Crippen LogP contribution in [0.4, 0.5) is 5.69 Å². The number of rotatable bonds is 13. The number of benzene rings is 2. The maximum atomic E-state index is 13.7. The van der Waals surface area contributed by atoms with Crippen molar-refractivity contribution in [2.45, 2.75) is 57.2 Å². The molecule has 234 valence electrons. The minimum atomic E-state index is -0.860. The van der Waals surface area contributed by atoms with Crippen LogP contribution in [0.1, 0.15) is 42.9 Å². The van der Waals surface area contributed by atoms with E-state index in [4.69, 9.17) is 25.8 Å². The van der Waals surface area contributed by atoms with E-state index >= 15 is 0 Å². The average Bonchev–Trinajstić information content (AvgIpc) is 3.35. The van der Waals surface area contributed by atoms with Gasteiger partial charge in [0.25, 0.3) is 0 Å². The molecule has 2 aromatic carbocycles. The summed E-state index contributed by atoms with van der Waals surface area (Å²) >= 11 is 0. The zero-order chi connectivity index (χ0) is 30.9. The molecule has 0 aromatic heterocycles. The maximum Gasteiger partial charge on any atom is 0.227 e. The van der Waals surface area contributed by atoms with Gasteiger partial charge in [-0.15, -0.1) is 0 Å². The van der Waals surface area contributed by atoms with Crippen LogP contribution in [0.15, 0.2) is 48.5 Å². The fourth-order valence-corrected chi connectivity index (χ4v) is 5.59. The van der Waals surface area contributed by atoms with Crippen LogP contribution in [0.3, 0.4) is 0 Å². The largest absolute Gasteiger partial charge is 0.396 e. The molecular weight excluding hydrogens is 552 g/mol. The maximum absolute atomic E-state index is 13.7. The summed E-state index contributed by atoms with van der Waals surface area (Å²) in [5.41, 5.74) is 10.6. The number of para-hydroxylation sites is 1. The molecule has 1 saturated heterocycles. The van der Waals surface area contributed by atoms with E-state index in [-0.39, 0.29) is 37.3 Å². The first-order valence-electron chi connectivity index (χ1n) is 14.7. The summed E-state index contributed by atoms with van der Waals surface area (Å²) in [7, 11) is 3.36. The number of fused-ring (bicyclic) bond motifs is 2. The number of likely N-dealkylation sites (N-methyl/N-ethyl adjacent to an activating group) is 1. The number of aliphatic hydroxyl groups excluding tert-OH is 1. The first-order chi connectivity index (χ1) is 20.8. The van der Waals surface area contributed by atoms with E-state index in [2.05, 4.69) is 10.6 Å². The summed E-state index contributed by atoms with van der Waals surface area (Å²) in [5, 5.41) is 18.6. The van der Waals surface area contributed by atoms with Crippen LogP contribution >= 0.6 is 0 Å². The summed E-state index contributed by atoms with van der Waals surface area (Å²) in [5.74, 6) is 6.39. The number of hydrogen-bond donors (Lipinski definition) is 5. The second-order valence-corrected chi connectivity index (χ2v) is 10.6. The first-order valence-corrected chi connectivity index (χ1v) is 14.7. The number of hydrogen-bond acceptors (Lipinski definition) is 10. The molecule has 2 aliphatic rings. The third-order valence-electron chi connectivity index (χ3n) is 7.84. The van der Waals surface area contributed by atoms with Gasteiger partial charge < -0.3 is 35.3 Å². The number of nitrogens with zero attached hydrogens (tertiary/aromatic N) is 2. The Morgan fingerprint density at radius 3 is 2.53 bits per heavy atom. The first kappa shape index (κ1) is 32.4. The highest BCUT2D eigenvalue weighted by Crippen LogP contribution is 2.39. The molecule has 0 saturated carbocycles. The van der Waals surface area contributed by atoms with E-state index in [9.17, 15) is 14.7 Å². The third kappa shape index (κ3) is 7.35. The van der Waals surface area contributed by atoms with E-state index in [0.717, 1.165) is 11.1 Å². The number of ether oxygens (including phenoxy) is 3. The minimum Gasteiger partial charge on any atom is -0.396 e. The molecule has 2 aromatic rings. The molecule has 43 heavy (non-hydrogen) atoms. The van der Waals surface area contributed by atoms with Gasteiger partial charge in [0.15, 0.2) is 0 Å². The normalized spacial score (nSPS) is 23.2. The van der Waals surface area contributed by atoms with Crippen LogP contribution in [0, 0.1) is 0 Å². The molecule has 2 heterocycles. The van der Waals surface area contributed by atoms with Crippen LogP contribution in [0.25, 0.3) is 11.4 Å². The lowest BCUT2D eigenvalue weighted by atomic mass is 9.94. The Balaban J connectivity index is 1.62. The highest BCUT2D eigenvalue weighted by atomic mass is 16.5. The Labute approximate surface area is 252 Å². The highest BCUT2D eigenvalue weighted by Gasteiger charge is 2.46. The van der Waals surface area contributed by atoms with Crippen LogP contribution in [0.2, 0.25) is 0 Å².